The van der Waals surface area contributed by atoms with E-state index in [1.165, 1.54) is 36.7 Å². The van der Waals surface area contributed by atoms with Crippen molar-refractivity contribution in [3.05, 3.63) is 46.5 Å². The second kappa shape index (κ2) is 8.42. The quantitative estimate of drug-likeness (QED) is 0.274. The predicted molar refractivity (Wildman–Crippen MR) is 113 cm³/mol. The zero-order valence-electron chi connectivity index (χ0n) is 17.7. The number of ether oxygens (including phenoxy) is 2. The Morgan fingerprint density at radius 1 is 1.16 bits per heavy atom. The van der Waals surface area contributed by atoms with Gasteiger partial charge in [-0.25, -0.2) is 18.5 Å². The molecule has 0 aliphatic carbocycles. The van der Waals surface area contributed by atoms with E-state index in [0.29, 0.717) is 27.8 Å². The molecule has 170 valence electrons. The standard InChI is InChI=1S/C22H20F3NO5S/c1-5-30-19(28)22(24,25)18(27)16-9-12(11-32-16)14-10-26(20(29)31-21(2,3)4)17-13(14)7-6-8-15(17)23/h6-11H,5H2,1-4H3. The second-order valence-electron chi connectivity index (χ2n) is 7.85. The molecule has 2 aromatic heterocycles. The van der Waals surface area contributed by atoms with Gasteiger partial charge in [-0.15, -0.1) is 11.3 Å². The smallest absolute Gasteiger partial charge is 0.419 e. The number of thiophene rings is 1. The summed E-state index contributed by atoms with van der Waals surface area (Å²) in [6, 6.07) is 5.34. The summed E-state index contributed by atoms with van der Waals surface area (Å²) in [4.78, 5) is 36.0. The molecule has 1 aromatic carbocycles. The first-order valence-electron chi connectivity index (χ1n) is 9.58. The topological polar surface area (TPSA) is 74.6 Å². The number of carbonyl (C=O) groups is 3. The minimum atomic E-state index is -4.34. The lowest BCUT2D eigenvalue weighted by atomic mass is 10.1. The molecule has 0 aliphatic rings. The van der Waals surface area contributed by atoms with E-state index in [4.69, 9.17) is 4.74 Å². The number of benzene rings is 1. The van der Waals surface area contributed by atoms with Crippen molar-refractivity contribution in [2.75, 3.05) is 6.61 Å². The van der Waals surface area contributed by atoms with Gasteiger partial charge in [0.05, 0.1) is 17.0 Å². The lowest BCUT2D eigenvalue weighted by Crippen LogP contribution is -2.39. The molecule has 0 radical (unpaired) electrons. The average Bonchev–Trinajstić information content (AvgIpc) is 3.31. The molecule has 0 fully saturated rings. The molecule has 0 N–H and O–H groups in total. The average molecular weight is 467 g/mol. The van der Waals surface area contributed by atoms with E-state index in [2.05, 4.69) is 4.74 Å². The summed E-state index contributed by atoms with van der Waals surface area (Å²) in [5.74, 6) is -8.65. The number of halogens is 3. The Labute approximate surface area is 185 Å². The fourth-order valence-electron chi connectivity index (χ4n) is 2.99. The van der Waals surface area contributed by atoms with Gasteiger partial charge in [0, 0.05) is 17.1 Å². The van der Waals surface area contributed by atoms with Crippen LogP contribution in [0.25, 0.3) is 22.0 Å². The van der Waals surface area contributed by atoms with Gasteiger partial charge in [-0.05, 0) is 50.8 Å². The number of hydrogen-bond donors (Lipinski definition) is 0. The van der Waals surface area contributed by atoms with Crippen molar-refractivity contribution < 1.29 is 37.0 Å². The third kappa shape index (κ3) is 4.40. The number of fused-ring (bicyclic) bond motifs is 1. The van der Waals surface area contributed by atoms with E-state index >= 15 is 0 Å². The molecule has 0 unspecified atom stereocenters. The lowest BCUT2D eigenvalue weighted by molar-refractivity contribution is -0.164. The number of carbonyl (C=O) groups excluding carboxylic acids is 3. The van der Waals surface area contributed by atoms with Crippen LogP contribution in [0.15, 0.2) is 35.8 Å². The number of Topliss-reactive ketones (excluding diaryl/α,β-unsaturated/α-hetero) is 1. The highest BCUT2D eigenvalue weighted by molar-refractivity contribution is 7.12. The van der Waals surface area contributed by atoms with Crippen molar-refractivity contribution in [2.45, 2.75) is 39.2 Å². The van der Waals surface area contributed by atoms with Crippen LogP contribution in [0.4, 0.5) is 18.0 Å². The van der Waals surface area contributed by atoms with Crippen LogP contribution in [-0.2, 0) is 14.3 Å². The molecular weight excluding hydrogens is 447 g/mol. The maximum absolute atomic E-state index is 14.6. The van der Waals surface area contributed by atoms with Gasteiger partial charge in [0.25, 0.3) is 5.78 Å². The van der Waals surface area contributed by atoms with Crippen LogP contribution in [0.1, 0.15) is 37.4 Å². The van der Waals surface area contributed by atoms with Gasteiger partial charge in [-0.2, -0.15) is 8.78 Å². The molecule has 6 nitrogen and oxygen atoms in total. The third-order valence-electron chi connectivity index (χ3n) is 4.32. The van der Waals surface area contributed by atoms with Crippen LogP contribution >= 0.6 is 11.3 Å². The molecule has 2 heterocycles. The first-order chi connectivity index (χ1) is 14.9. The minimum absolute atomic E-state index is 0.0484. The molecule has 32 heavy (non-hydrogen) atoms. The molecule has 3 rings (SSSR count). The van der Waals surface area contributed by atoms with Crippen LogP contribution in [0.2, 0.25) is 0 Å². The first kappa shape index (κ1) is 23.5. The monoisotopic (exact) mass is 467 g/mol. The molecule has 0 aliphatic heterocycles. The maximum Gasteiger partial charge on any atom is 0.419 e. The van der Waals surface area contributed by atoms with Crippen LogP contribution in [0.5, 0.6) is 0 Å². The third-order valence-corrected chi connectivity index (χ3v) is 5.25. The van der Waals surface area contributed by atoms with Gasteiger partial charge in [0.1, 0.15) is 11.4 Å². The normalized spacial score (nSPS) is 12.1. The first-order valence-corrected chi connectivity index (χ1v) is 10.5. The summed E-state index contributed by atoms with van der Waals surface area (Å²) in [7, 11) is 0. The Hall–Kier alpha value is -3.14. The van der Waals surface area contributed by atoms with E-state index in [0.717, 1.165) is 4.57 Å². The van der Waals surface area contributed by atoms with E-state index in [9.17, 15) is 27.6 Å². The van der Waals surface area contributed by atoms with Crippen molar-refractivity contribution in [3.63, 3.8) is 0 Å². The van der Waals surface area contributed by atoms with Crippen molar-refractivity contribution >= 4 is 40.1 Å². The maximum atomic E-state index is 14.6. The molecular formula is C22H20F3NO5S. The Kier molecular flexibility index (Phi) is 6.19. The fourth-order valence-corrected chi connectivity index (χ4v) is 3.87. The predicted octanol–water partition coefficient (Wildman–Crippen LogP) is 5.67. The number of nitrogens with zero attached hydrogens (tertiary/aromatic N) is 1. The zero-order valence-corrected chi connectivity index (χ0v) is 18.5. The summed E-state index contributed by atoms with van der Waals surface area (Å²) >= 11 is 0.699. The largest absolute Gasteiger partial charge is 0.461 e. The van der Waals surface area contributed by atoms with Crippen LogP contribution in [0.3, 0.4) is 0 Å². The van der Waals surface area contributed by atoms with E-state index < -0.39 is 35.2 Å². The fraction of sp³-hybridized carbons (Fsp3) is 0.318. The summed E-state index contributed by atoms with van der Waals surface area (Å²) in [5.41, 5.74) is -0.247. The summed E-state index contributed by atoms with van der Waals surface area (Å²) in [6.07, 6.45) is 0.501. The van der Waals surface area contributed by atoms with Crippen LogP contribution in [0, 0.1) is 5.82 Å². The molecule has 10 heteroatoms. The minimum Gasteiger partial charge on any atom is -0.461 e. The van der Waals surface area contributed by atoms with E-state index in [1.807, 2.05) is 0 Å². The Balaban J connectivity index is 2.06. The molecule has 3 aromatic rings. The summed E-state index contributed by atoms with van der Waals surface area (Å²) in [6.45, 7) is 6.03. The highest BCUT2D eigenvalue weighted by Crippen LogP contribution is 2.36. The number of ketones is 1. The molecule has 0 atom stereocenters. The molecule has 0 saturated heterocycles. The number of esters is 1. The number of rotatable bonds is 5. The van der Waals surface area contributed by atoms with Crippen molar-refractivity contribution in [2.24, 2.45) is 0 Å². The molecule has 0 bridgehead atoms. The van der Waals surface area contributed by atoms with Crippen molar-refractivity contribution in [1.29, 1.82) is 0 Å². The molecule has 0 spiro atoms. The van der Waals surface area contributed by atoms with Gasteiger partial charge < -0.3 is 9.47 Å². The highest BCUT2D eigenvalue weighted by Gasteiger charge is 2.49. The van der Waals surface area contributed by atoms with Gasteiger partial charge in [-0.3, -0.25) is 4.79 Å². The van der Waals surface area contributed by atoms with Gasteiger partial charge >= 0.3 is 18.0 Å². The number of para-hydroxylation sites is 1. The van der Waals surface area contributed by atoms with Crippen molar-refractivity contribution in [3.8, 4) is 11.1 Å². The Bertz CT molecular complexity index is 1210. The Morgan fingerprint density at radius 2 is 1.84 bits per heavy atom. The van der Waals surface area contributed by atoms with Crippen LogP contribution in [-0.4, -0.2) is 40.5 Å². The van der Waals surface area contributed by atoms with Gasteiger partial charge in [-0.1, -0.05) is 12.1 Å². The highest BCUT2D eigenvalue weighted by atomic mass is 32.1. The number of alkyl halides is 2. The lowest BCUT2D eigenvalue weighted by Gasteiger charge is -2.19. The molecule has 0 saturated carbocycles. The van der Waals surface area contributed by atoms with Crippen LogP contribution < -0.4 is 0 Å². The second-order valence-corrected chi connectivity index (χ2v) is 8.76. The van der Waals surface area contributed by atoms with Crippen molar-refractivity contribution in [1.82, 2.24) is 4.57 Å². The number of aromatic nitrogens is 1. The number of hydrogen-bond acceptors (Lipinski definition) is 6. The SMILES string of the molecule is CCOC(=O)C(F)(F)C(=O)c1cc(-c2cn(C(=O)OC(C)(C)C)c3c(F)cccc23)cs1. The van der Waals surface area contributed by atoms with Gasteiger partial charge in [0.15, 0.2) is 0 Å². The van der Waals surface area contributed by atoms with Gasteiger partial charge in [0.2, 0.25) is 0 Å². The summed E-state index contributed by atoms with van der Waals surface area (Å²) < 4.78 is 53.5. The Morgan fingerprint density at radius 3 is 2.47 bits per heavy atom. The van der Waals surface area contributed by atoms with E-state index in [1.54, 1.807) is 26.8 Å². The zero-order chi connectivity index (χ0) is 23.8. The summed E-state index contributed by atoms with van der Waals surface area (Å²) in [5, 5.41) is 1.73. The molecule has 0 amide bonds. The van der Waals surface area contributed by atoms with E-state index in [-0.39, 0.29) is 17.0 Å².